The molecule has 104 valence electrons. The van der Waals surface area contributed by atoms with Gasteiger partial charge < -0.3 is 10.1 Å². The summed E-state index contributed by atoms with van der Waals surface area (Å²) < 4.78 is 19.7. The Kier molecular flexibility index (Phi) is 4.02. The maximum absolute atomic E-state index is 13.8. The van der Waals surface area contributed by atoms with Crippen molar-refractivity contribution in [2.45, 2.75) is 50.5 Å². The van der Waals surface area contributed by atoms with E-state index in [0.29, 0.717) is 12.0 Å². The number of rotatable bonds is 3. The first-order valence-corrected chi connectivity index (χ1v) is 7.49. The number of hydrogen-bond acceptors (Lipinski definition) is 2. The van der Waals surface area contributed by atoms with Crippen LogP contribution in [0.4, 0.5) is 4.39 Å². The van der Waals surface area contributed by atoms with Gasteiger partial charge in [-0.1, -0.05) is 0 Å². The van der Waals surface area contributed by atoms with Crippen LogP contribution >= 0.6 is 0 Å². The number of ether oxygens (including phenoxy) is 1. The molecule has 0 unspecified atom stereocenters. The molecule has 1 saturated carbocycles. The summed E-state index contributed by atoms with van der Waals surface area (Å²) in [5.41, 5.74) is 1.11. The molecule has 3 rings (SSSR count). The molecule has 0 amide bonds. The van der Waals surface area contributed by atoms with Crippen LogP contribution in [0.3, 0.4) is 0 Å². The second-order valence-corrected chi connectivity index (χ2v) is 5.77. The second kappa shape index (κ2) is 5.91. The van der Waals surface area contributed by atoms with Crippen LogP contribution in [-0.4, -0.2) is 19.2 Å². The van der Waals surface area contributed by atoms with E-state index in [1.165, 1.54) is 18.9 Å². The summed E-state index contributed by atoms with van der Waals surface area (Å²) in [4.78, 5) is 0. The van der Waals surface area contributed by atoms with Gasteiger partial charge in [0, 0.05) is 6.07 Å². The molecule has 0 radical (unpaired) electrons. The number of piperidine rings is 1. The number of nitrogens with one attached hydrogen (secondary N) is 1. The maximum atomic E-state index is 13.8. The average Bonchev–Trinajstić information content (AvgIpc) is 2.92. The zero-order valence-corrected chi connectivity index (χ0v) is 11.3. The van der Waals surface area contributed by atoms with E-state index in [4.69, 9.17) is 4.74 Å². The fourth-order valence-corrected chi connectivity index (χ4v) is 3.24. The largest absolute Gasteiger partial charge is 0.490 e. The zero-order valence-electron chi connectivity index (χ0n) is 11.3. The van der Waals surface area contributed by atoms with Crippen LogP contribution in [0.2, 0.25) is 0 Å². The third-order valence-electron chi connectivity index (χ3n) is 4.31. The minimum absolute atomic E-state index is 0.163. The third-order valence-corrected chi connectivity index (χ3v) is 4.31. The van der Waals surface area contributed by atoms with E-state index >= 15 is 0 Å². The molecule has 1 aromatic carbocycles. The van der Waals surface area contributed by atoms with Gasteiger partial charge >= 0.3 is 0 Å². The van der Waals surface area contributed by atoms with Gasteiger partial charge in [-0.2, -0.15) is 0 Å². The quantitative estimate of drug-likeness (QED) is 0.899. The van der Waals surface area contributed by atoms with Crippen molar-refractivity contribution in [2.24, 2.45) is 0 Å². The van der Waals surface area contributed by atoms with E-state index < -0.39 is 0 Å². The van der Waals surface area contributed by atoms with Gasteiger partial charge in [0.1, 0.15) is 11.6 Å². The van der Waals surface area contributed by atoms with Gasteiger partial charge in [0.25, 0.3) is 0 Å². The molecule has 1 aliphatic carbocycles. The Hall–Kier alpha value is -1.09. The SMILES string of the molecule is Fc1cc(OC2CCCC2)cc(C2CCNCC2)c1. The summed E-state index contributed by atoms with van der Waals surface area (Å²) in [7, 11) is 0. The van der Waals surface area contributed by atoms with Crippen LogP contribution in [0.5, 0.6) is 5.75 Å². The summed E-state index contributed by atoms with van der Waals surface area (Å²) in [5, 5.41) is 3.35. The molecule has 0 spiro atoms. The first kappa shape index (κ1) is 12.9. The van der Waals surface area contributed by atoms with Crippen LogP contribution in [0.25, 0.3) is 0 Å². The summed E-state index contributed by atoms with van der Waals surface area (Å²) in [6.45, 7) is 2.06. The summed E-state index contributed by atoms with van der Waals surface area (Å²) in [5.74, 6) is 1.03. The zero-order chi connectivity index (χ0) is 13.1. The highest BCUT2D eigenvalue weighted by molar-refractivity contribution is 5.32. The molecule has 19 heavy (non-hydrogen) atoms. The summed E-state index contributed by atoms with van der Waals surface area (Å²) in [6, 6.07) is 5.26. The molecule has 2 nitrogen and oxygen atoms in total. The molecule has 1 heterocycles. The Bertz CT molecular complexity index is 423. The first-order valence-electron chi connectivity index (χ1n) is 7.49. The van der Waals surface area contributed by atoms with Crippen LogP contribution in [0, 0.1) is 5.82 Å². The third kappa shape index (κ3) is 3.27. The molecule has 0 atom stereocenters. The Balaban J connectivity index is 1.74. The van der Waals surface area contributed by atoms with Gasteiger partial charge in [0.2, 0.25) is 0 Å². The predicted octanol–water partition coefficient (Wildman–Crippen LogP) is 3.61. The van der Waals surface area contributed by atoms with Crippen molar-refractivity contribution in [1.82, 2.24) is 5.32 Å². The van der Waals surface area contributed by atoms with E-state index in [0.717, 1.165) is 50.1 Å². The van der Waals surface area contributed by atoms with Crippen molar-refractivity contribution in [3.8, 4) is 5.75 Å². The van der Waals surface area contributed by atoms with Crippen molar-refractivity contribution in [3.05, 3.63) is 29.6 Å². The standard InChI is InChI=1S/C16H22FNO/c17-14-9-13(12-5-7-18-8-6-12)10-16(11-14)19-15-3-1-2-4-15/h9-12,15,18H,1-8H2. The molecule has 2 fully saturated rings. The molecular weight excluding hydrogens is 241 g/mol. The van der Waals surface area contributed by atoms with Crippen LogP contribution in [0.15, 0.2) is 18.2 Å². The van der Waals surface area contributed by atoms with Gasteiger partial charge in [0.05, 0.1) is 6.10 Å². The monoisotopic (exact) mass is 263 g/mol. The van der Waals surface area contributed by atoms with Crippen LogP contribution in [-0.2, 0) is 0 Å². The summed E-state index contributed by atoms with van der Waals surface area (Å²) >= 11 is 0. The Morgan fingerprint density at radius 1 is 1.00 bits per heavy atom. The Labute approximate surface area is 114 Å². The molecule has 2 aliphatic rings. The normalized spacial score (nSPS) is 21.7. The topological polar surface area (TPSA) is 21.3 Å². The van der Waals surface area contributed by atoms with Crippen molar-refractivity contribution >= 4 is 0 Å². The van der Waals surface area contributed by atoms with Crippen LogP contribution in [0.1, 0.15) is 50.0 Å². The summed E-state index contributed by atoms with van der Waals surface area (Å²) in [6.07, 6.45) is 7.17. The molecule has 1 aromatic rings. The lowest BCUT2D eigenvalue weighted by Gasteiger charge is -2.24. The lowest BCUT2D eigenvalue weighted by molar-refractivity contribution is 0.209. The maximum Gasteiger partial charge on any atom is 0.127 e. The van der Waals surface area contributed by atoms with Gasteiger partial charge in [-0.05, 0) is 75.2 Å². The molecular formula is C16H22FNO. The fourth-order valence-electron chi connectivity index (χ4n) is 3.24. The second-order valence-electron chi connectivity index (χ2n) is 5.77. The number of halogens is 1. The van der Waals surface area contributed by atoms with E-state index in [9.17, 15) is 4.39 Å². The Morgan fingerprint density at radius 2 is 1.74 bits per heavy atom. The van der Waals surface area contributed by atoms with E-state index in [-0.39, 0.29) is 5.82 Å². The van der Waals surface area contributed by atoms with Gasteiger partial charge in [-0.15, -0.1) is 0 Å². The Morgan fingerprint density at radius 3 is 2.47 bits per heavy atom. The minimum Gasteiger partial charge on any atom is -0.490 e. The average molecular weight is 263 g/mol. The van der Waals surface area contributed by atoms with E-state index in [2.05, 4.69) is 11.4 Å². The first-order chi connectivity index (χ1) is 9.31. The highest BCUT2D eigenvalue weighted by atomic mass is 19.1. The lowest BCUT2D eigenvalue weighted by atomic mass is 9.90. The number of hydrogen-bond donors (Lipinski definition) is 1. The van der Waals surface area contributed by atoms with Crippen molar-refractivity contribution in [1.29, 1.82) is 0 Å². The van der Waals surface area contributed by atoms with Crippen molar-refractivity contribution in [2.75, 3.05) is 13.1 Å². The molecule has 1 saturated heterocycles. The molecule has 3 heteroatoms. The molecule has 1 aliphatic heterocycles. The minimum atomic E-state index is -0.163. The van der Waals surface area contributed by atoms with Crippen LogP contribution < -0.4 is 10.1 Å². The van der Waals surface area contributed by atoms with Gasteiger partial charge in [0.15, 0.2) is 0 Å². The molecule has 0 bridgehead atoms. The highest BCUT2D eigenvalue weighted by Gasteiger charge is 2.19. The fraction of sp³-hybridized carbons (Fsp3) is 0.625. The number of benzene rings is 1. The molecule has 0 aromatic heterocycles. The van der Waals surface area contributed by atoms with Crippen molar-refractivity contribution in [3.63, 3.8) is 0 Å². The smallest absolute Gasteiger partial charge is 0.127 e. The van der Waals surface area contributed by atoms with Gasteiger partial charge in [-0.25, -0.2) is 4.39 Å². The van der Waals surface area contributed by atoms with E-state index in [1.807, 2.05) is 0 Å². The highest BCUT2D eigenvalue weighted by Crippen LogP contribution is 2.31. The van der Waals surface area contributed by atoms with Gasteiger partial charge in [-0.3, -0.25) is 0 Å². The van der Waals surface area contributed by atoms with Crippen molar-refractivity contribution < 1.29 is 9.13 Å². The van der Waals surface area contributed by atoms with E-state index in [1.54, 1.807) is 6.07 Å². The lowest BCUT2D eigenvalue weighted by Crippen LogP contribution is -2.26. The predicted molar refractivity (Wildman–Crippen MR) is 74.1 cm³/mol. The molecule has 1 N–H and O–H groups in total.